The lowest BCUT2D eigenvalue weighted by molar-refractivity contribution is 0.606. The van der Waals surface area contributed by atoms with Crippen molar-refractivity contribution in [2.75, 3.05) is 5.32 Å². The molecule has 0 spiro atoms. The summed E-state index contributed by atoms with van der Waals surface area (Å²) in [5, 5.41) is 3.40. The summed E-state index contributed by atoms with van der Waals surface area (Å²) < 4.78 is 0. The molecule has 3 rings (SSSR count). The number of aromatic nitrogens is 2. The number of aryl methyl sites for hydroxylation is 1. The maximum Gasteiger partial charge on any atom is 0.222 e. The Labute approximate surface area is 101 Å². The summed E-state index contributed by atoms with van der Waals surface area (Å²) in [6, 6.07) is 11.0. The molecule has 17 heavy (non-hydrogen) atoms. The second-order valence-electron chi connectivity index (χ2n) is 4.43. The van der Waals surface area contributed by atoms with Crippen LogP contribution in [0.15, 0.2) is 42.7 Å². The van der Waals surface area contributed by atoms with Gasteiger partial charge in [-0.2, -0.15) is 0 Å². The van der Waals surface area contributed by atoms with Gasteiger partial charge in [0.05, 0.1) is 0 Å². The molecule has 0 amide bonds. The van der Waals surface area contributed by atoms with Crippen molar-refractivity contribution in [1.29, 1.82) is 0 Å². The van der Waals surface area contributed by atoms with Crippen LogP contribution in [0.4, 0.5) is 5.95 Å². The molecular formula is C14H15N3. The van der Waals surface area contributed by atoms with Crippen molar-refractivity contribution < 1.29 is 0 Å². The monoisotopic (exact) mass is 225 g/mol. The van der Waals surface area contributed by atoms with Gasteiger partial charge in [0.25, 0.3) is 0 Å². The number of nitrogens with one attached hydrogen (secondary N) is 1. The van der Waals surface area contributed by atoms with Crippen LogP contribution in [0.5, 0.6) is 0 Å². The SMILES string of the molecule is c1cnc(NC2CCc3ccccc3C2)nc1. The highest BCUT2D eigenvalue weighted by molar-refractivity contribution is 5.34. The standard InChI is InChI=1S/C14H15N3/c1-2-5-12-10-13(7-6-11(12)4-1)17-14-15-8-3-9-16-14/h1-5,8-9,13H,6-7,10H2,(H,15,16,17). The Hall–Kier alpha value is -1.90. The quantitative estimate of drug-likeness (QED) is 0.853. The molecule has 0 saturated heterocycles. The summed E-state index contributed by atoms with van der Waals surface area (Å²) in [4.78, 5) is 8.41. The van der Waals surface area contributed by atoms with E-state index >= 15 is 0 Å². The van der Waals surface area contributed by atoms with Crippen molar-refractivity contribution in [1.82, 2.24) is 9.97 Å². The van der Waals surface area contributed by atoms with E-state index in [0.717, 1.165) is 25.2 Å². The predicted molar refractivity (Wildman–Crippen MR) is 67.9 cm³/mol. The lowest BCUT2D eigenvalue weighted by Gasteiger charge is -2.25. The fraction of sp³-hybridized carbons (Fsp3) is 0.286. The fourth-order valence-corrected chi connectivity index (χ4v) is 2.38. The first-order chi connectivity index (χ1) is 8.42. The molecule has 0 bridgehead atoms. The molecule has 0 radical (unpaired) electrons. The number of hydrogen-bond acceptors (Lipinski definition) is 3. The van der Waals surface area contributed by atoms with Crippen LogP contribution in [0.2, 0.25) is 0 Å². The van der Waals surface area contributed by atoms with E-state index in [0.29, 0.717) is 6.04 Å². The fourth-order valence-electron chi connectivity index (χ4n) is 2.38. The first-order valence-corrected chi connectivity index (χ1v) is 6.02. The molecule has 0 saturated carbocycles. The van der Waals surface area contributed by atoms with Gasteiger partial charge in [0.2, 0.25) is 5.95 Å². The Balaban J connectivity index is 1.72. The second kappa shape index (κ2) is 4.53. The number of benzene rings is 1. The van der Waals surface area contributed by atoms with Crippen molar-refractivity contribution in [3.05, 3.63) is 53.9 Å². The van der Waals surface area contributed by atoms with Crippen LogP contribution in [-0.2, 0) is 12.8 Å². The third-order valence-corrected chi connectivity index (χ3v) is 3.25. The maximum atomic E-state index is 4.21. The molecule has 3 heteroatoms. The van der Waals surface area contributed by atoms with Gasteiger partial charge in [-0.15, -0.1) is 0 Å². The van der Waals surface area contributed by atoms with Crippen LogP contribution in [0.1, 0.15) is 17.5 Å². The molecule has 2 aromatic rings. The number of fused-ring (bicyclic) bond motifs is 1. The summed E-state index contributed by atoms with van der Waals surface area (Å²) >= 11 is 0. The Morgan fingerprint density at radius 2 is 1.76 bits per heavy atom. The Kier molecular flexibility index (Phi) is 2.74. The van der Waals surface area contributed by atoms with Gasteiger partial charge < -0.3 is 5.32 Å². The van der Waals surface area contributed by atoms with Gasteiger partial charge in [0.1, 0.15) is 0 Å². The molecule has 1 aromatic heterocycles. The number of rotatable bonds is 2. The summed E-state index contributed by atoms with van der Waals surface area (Å²) in [5.41, 5.74) is 2.94. The van der Waals surface area contributed by atoms with E-state index in [4.69, 9.17) is 0 Å². The topological polar surface area (TPSA) is 37.8 Å². The van der Waals surface area contributed by atoms with Gasteiger partial charge in [0.15, 0.2) is 0 Å². The maximum absolute atomic E-state index is 4.21. The minimum Gasteiger partial charge on any atom is -0.351 e. The lowest BCUT2D eigenvalue weighted by Crippen LogP contribution is -2.28. The van der Waals surface area contributed by atoms with Crippen LogP contribution in [0.25, 0.3) is 0 Å². The average Bonchev–Trinajstić information content (AvgIpc) is 2.40. The van der Waals surface area contributed by atoms with Crippen LogP contribution in [0.3, 0.4) is 0 Å². The first kappa shape index (κ1) is 10.3. The van der Waals surface area contributed by atoms with Gasteiger partial charge in [-0.25, -0.2) is 9.97 Å². The van der Waals surface area contributed by atoms with E-state index in [-0.39, 0.29) is 0 Å². The highest BCUT2D eigenvalue weighted by Gasteiger charge is 2.18. The van der Waals surface area contributed by atoms with Gasteiger partial charge in [-0.1, -0.05) is 24.3 Å². The van der Waals surface area contributed by atoms with Crippen molar-refractivity contribution in [2.24, 2.45) is 0 Å². The van der Waals surface area contributed by atoms with Crippen LogP contribution >= 0.6 is 0 Å². The van der Waals surface area contributed by atoms with Gasteiger partial charge in [-0.05, 0) is 36.5 Å². The van der Waals surface area contributed by atoms with Crippen LogP contribution in [-0.4, -0.2) is 16.0 Å². The van der Waals surface area contributed by atoms with Crippen molar-refractivity contribution in [2.45, 2.75) is 25.3 Å². The molecule has 1 unspecified atom stereocenters. The summed E-state index contributed by atoms with van der Waals surface area (Å²) in [6.45, 7) is 0. The minimum atomic E-state index is 0.451. The third-order valence-electron chi connectivity index (χ3n) is 3.25. The zero-order valence-corrected chi connectivity index (χ0v) is 9.63. The number of anilines is 1. The molecular weight excluding hydrogens is 210 g/mol. The largest absolute Gasteiger partial charge is 0.351 e. The van der Waals surface area contributed by atoms with E-state index in [1.807, 2.05) is 6.07 Å². The third kappa shape index (κ3) is 2.28. The van der Waals surface area contributed by atoms with E-state index in [2.05, 4.69) is 39.6 Å². The van der Waals surface area contributed by atoms with Crippen molar-refractivity contribution in [3.63, 3.8) is 0 Å². The van der Waals surface area contributed by atoms with Crippen molar-refractivity contribution >= 4 is 5.95 Å². The van der Waals surface area contributed by atoms with E-state index in [1.54, 1.807) is 12.4 Å². The molecule has 3 nitrogen and oxygen atoms in total. The second-order valence-corrected chi connectivity index (χ2v) is 4.43. The van der Waals surface area contributed by atoms with Crippen LogP contribution in [0, 0.1) is 0 Å². The summed E-state index contributed by atoms with van der Waals surface area (Å²) in [5.74, 6) is 0.733. The molecule has 0 aliphatic heterocycles. The van der Waals surface area contributed by atoms with Crippen molar-refractivity contribution in [3.8, 4) is 0 Å². The Morgan fingerprint density at radius 1 is 1.00 bits per heavy atom. The molecule has 1 atom stereocenters. The van der Waals surface area contributed by atoms with E-state index in [9.17, 15) is 0 Å². The molecule has 1 aliphatic carbocycles. The zero-order chi connectivity index (χ0) is 11.5. The minimum absolute atomic E-state index is 0.451. The van der Waals surface area contributed by atoms with Gasteiger partial charge in [-0.3, -0.25) is 0 Å². The molecule has 1 heterocycles. The molecule has 1 aliphatic rings. The smallest absolute Gasteiger partial charge is 0.222 e. The lowest BCUT2D eigenvalue weighted by atomic mass is 9.88. The molecule has 1 N–H and O–H groups in total. The molecule has 0 fully saturated rings. The van der Waals surface area contributed by atoms with Gasteiger partial charge in [0, 0.05) is 18.4 Å². The van der Waals surface area contributed by atoms with Crippen LogP contribution < -0.4 is 5.32 Å². The molecule has 1 aromatic carbocycles. The summed E-state index contributed by atoms with van der Waals surface area (Å²) in [7, 11) is 0. The highest BCUT2D eigenvalue weighted by atomic mass is 15.1. The predicted octanol–water partition coefficient (Wildman–Crippen LogP) is 2.45. The number of nitrogens with zero attached hydrogens (tertiary/aromatic N) is 2. The van der Waals surface area contributed by atoms with E-state index < -0.39 is 0 Å². The van der Waals surface area contributed by atoms with E-state index in [1.165, 1.54) is 11.1 Å². The average molecular weight is 225 g/mol. The first-order valence-electron chi connectivity index (χ1n) is 6.02. The normalized spacial score (nSPS) is 18.5. The Bertz CT molecular complexity index is 496. The number of hydrogen-bond donors (Lipinski definition) is 1. The summed E-state index contributed by atoms with van der Waals surface area (Å²) in [6.07, 6.45) is 6.89. The Morgan fingerprint density at radius 3 is 2.59 bits per heavy atom. The zero-order valence-electron chi connectivity index (χ0n) is 9.63. The highest BCUT2D eigenvalue weighted by Crippen LogP contribution is 2.22. The molecule has 86 valence electrons. The van der Waals surface area contributed by atoms with Gasteiger partial charge >= 0.3 is 0 Å².